The fourth-order valence-corrected chi connectivity index (χ4v) is 5.50. The zero-order valence-electron chi connectivity index (χ0n) is 9.67. The third-order valence-corrected chi connectivity index (χ3v) is 6.42. The topological polar surface area (TPSA) is 74.7 Å². The van der Waals surface area contributed by atoms with Gasteiger partial charge in [-0.1, -0.05) is 23.2 Å². The van der Waals surface area contributed by atoms with Crippen LogP contribution in [0.4, 0.5) is 0 Å². The molecule has 9 heteroatoms. The van der Waals surface area contributed by atoms with E-state index in [9.17, 15) is 13.2 Å². The molecule has 1 heterocycles. The van der Waals surface area contributed by atoms with E-state index in [4.69, 9.17) is 28.3 Å². The first-order chi connectivity index (χ1) is 8.82. The van der Waals surface area contributed by atoms with Crippen molar-refractivity contribution in [3.63, 3.8) is 0 Å². The van der Waals surface area contributed by atoms with Gasteiger partial charge in [0.05, 0.1) is 10.8 Å². The summed E-state index contributed by atoms with van der Waals surface area (Å²) >= 11 is 12.6. The minimum atomic E-state index is -3.78. The molecule has 0 aliphatic heterocycles. The Morgan fingerprint density at radius 3 is 2.53 bits per heavy atom. The highest BCUT2D eigenvalue weighted by Crippen LogP contribution is 2.39. The van der Waals surface area contributed by atoms with Crippen molar-refractivity contribution in [1.29, 1.82) is 0 Å². The molecule has 0 amide bonds. The maximum absolute atomic E-state index is 12.5. The largest absolute Gasteiger partial charge is 0.481 e. The van der Waals surface area contributed by atoms with E-state index >= 15 is 0 Å². The van der Waals surface area contributed by atoms with Crippen LogP contribution < -0.4 is 0 Å². The van der Waals surface area contributed by atoms with Crippen molar-refractivity contribution in [1.82, 2.24) is 4.31 Å². The van der Waals surface area contributed by atoms with E-state index in [1.807, 2.05) is 0 Å². The maximum atomic E-state index is 12.5. The Balaban J connectivity index is 2.29. The van der Waals surface area contributed by atoms with Gasteiger partial charge in [0.25, 0.3) is 0 Å². The summed E-state index contributed by atoms with van der Waals surface area (Å²) < 4.78 is 26.5. The van der Waals surface area contributed by atoms with E-state index in [1.165, 1.54) is 10.4 Å². The monoisotopic (exact) mass is 343 g/mol. The lowest BCUT2D eigenvalue weighted by molar-refractivity contribution is -0.137. The van der Waals surface area contributed by atoms with Gasteiger partial charge in [-0.15, -0.1) is 11.3 Å². The summed E-state index contributed by atoms with van der Waals surface area (Å²) in [5.41, 5.74) is 0. The molecule has 1 aromatic heterocycles. The van der Waals surface area contributed by atoms with Gasteiger partial charge >= 0.3 is 5.97 Å². The Bertz CT molecular complexity index is 595. The van der Waals surface area contributed by atoms with Crippen molar-refractivity contribution in [3.05, 3.63) is 14.7 Å². The third-order valence-electron chi connectivity index (χ3n) is 2.71. The third kappa shape index (κ3) is 3.41. The summed E-state index contributed by atoms with van der Waals surface area (Å²) in [6, 6.07) is 1.18. The highest BCUT2D eigenvalue weighted by molar-refractivity contribution is 7.89. The number of thiophene rings is 1. The number of carboxylic acid groups (broad SMARTS) is 1. The highest BCUT2D eigenvalue weighted by Gasteiger charge is 2.39. The number of sulfonamides is 1. The smallest absolute Gasteiger partial charge is 0.304 e. The Morgan fingerprint density at radius 1 is 1.47 bits per heavy atom. The van der Waals surface area contributed by atoms with Gasteiger partial charge in [0.15, 0.2) is 0 Å². The summed E-state index contributed by atoms with van der Waals surface area (Å²) in [5, 5.41) is 8.69. The summed E-state index contributed by atoms with van der Waals surface area (Å²) in [7, 11) is -3.78. The minimum absolute atomic E-state index is 0.0403. The second kappa shape index (κ2) is 5.57. The van der Waals surface area contributed by atoms with Crippen molar-refractivity contribution in [3.8, 4) is 0 Å². The molecular formula is C10H11Cl2NO4S2. The van der Waals surface area contributed by atoms with E-state index in [0.717, 1.165) is 24.2 Å². The fourth-order valence-electron chi connectivity index (χ4n) is 1.69. The fraction of sp³-hybridized carbons (Fsp3) is 0.500. The standard InChI is InChI=1S/C10H11Cl2NO4S2/c11-8-5-7(10(12)18-8)19(16,17)13(6-1-2-6)4-3-9(14)15/h5-6H,1-4H2,(H,14,15). The van der Waals surface area contributed by atoms with Crippen LogP contribution in [0.2, 0.25) is 8.67 Å². The van der Waals surface area contributed by atoms with E-state index in [0.29, 0.717) is 0 Å². The number of carbonyl (C=O) groups is 1. The normalized spacial score (nSPS) is 15.9. The molecular weight excluding hydrogens is 333 g/mol. The molecule has 0 atom stereocenters. The van der Waals surface area contributed by atoms with Crippen LogP contribution in [0.3, 0.4) is 0 Å². The first-order valence-corrected chi connectivity index (χ1v) is 8.52. The second-order valence-corrected chi connectivity index (χ2v) is 8.32. The van der Waals surface area contributed by atoms with Crippen molar-refractivity contribution in [2.24, 2.45) is 0 Å². The van der Waals surface area contributed by atoms with E-state index in [-0.39, 0.29) is 32.6 Å². The Labute approximate surface area is 124 Å². The molecule has 1 aliphatic carbocycles. The lowest BCUT2D eigenvalue weighted by atomic mass is 10.4. The van der Waals surface area contributed by atoms with Gasteiger partial charge in [-0.2, -0.15) is 4.31 Å². The lowest BCUT2D eigenvalue weighted by Gasteiger charge is -2.20. The van der Waals surface area contributed by atoms with Gasteiger partial charge < -0.3 is 5.11 Å². The van der Waals surface area contributed by atoms with Crippen LogP contribution in [0.25, 0.3) is 0 Å². The number of nitrogens with zero attached hydrogens (tertiary/aromatic N) is 1. The van der Waals surface area contributed by atoms with Crippen LogP contribution in [-0.2, 0) is 14.8 Å². The summed E-state index contributed by atoms with van der Waals surface area (Å²) in [5.74, 6) is -1.03. The van der Waals surface area contributed by atoms with Gasteiger partial charge in [-0.25, -0.2) is 8.42 Å². The first-order valence-electron chi connectivity index (χ1n) is 5.51. The predicted octanol–water partition coefficient (Wildman–Crippen LogP) is 2.68. The van der Waals surface area contributed by atoms with Crippen molar-refractivity contribution < 1.29 is 18.3 Å². The van der Waals surface area contributed by atoms with Crippen LogP contribution in [0.15, 0.2) is 11.0 Å². The van der Waals surface area contributed by atoms with Crippen molar-refractivity contribution in [2.45, 2.75) is 30.2 Å². The zero-order chi connectivity index (χ0) is 14.2. The highest BCUT2D eigenvalue weighted by atomic mass is 35.5. The number of carboxylic acids is 1. The van der Waals surface area contributed by atoms with Crippen LogP contribution in [0.5, 0.6) is 0 Å². The molecule has 1 aliphatic rings. The second-order valence-electron chi connectivity index (χ2n) is 4.18. The Morgan fingerprint density at radius 2 is 2.11 bits per heavy atom. The average Bonchev–Trinajstić information content (AvgIpc) is 3.03. The molecule has 1 fully saturated rings. The van der Waals surface area contributed by atoms with E-state index in [1.54, 1.807) is 0 Å². The van der Waals surface area contributed by atoms with Gasteiger partial charge in [0, 0.05) is 12.6 Å². The quantitative estimate of drug-likeness (QED) is 0.861. The van der Waals surface area contributed by atoms with Crippen LogP contribution in [-0.4, -0.2) is 36.4 Å². The van der Waals surface area contributed by atoms with Crippen LogP contribution >= 0.6 is 34.5 Å². The maximum Gasteiger partial charge on any atom is 0.304 e. The predicted molar refractivity (Wildman–Crippen MR) is 73.5 cm³/mol. The van der Waals surface area contributed by atoms with Gasteiger partial charge in [0.2, 0.25) is 10.0 Å². The average molecular weight is 344 g/mol. The number of hydrogen-bond donors (Lipinski definition) is 1. The lowest BCUT2D eigenvalue weighted by Crippen LogP contribution is -2.34. The summed E-state index contributed by atoms with van der Waals surface area (Å²) in [4.78, 5) is 10.6. The number of rotatable bonds is 6. The number of halogens is 2. The molecule has 19 heavy (non-hydrogen) atoms. The molecule has 0 unspecified atom stereocenters. The molecule has 1 saturated carbocycles. The number of aliphatic carboxylic acids is 1. The molecule has 1 aromatic rings. The van der Waals surface area contributed by atoms with Crippen molar-refractivity contribution in [2.75, 3.05) is 6.54 Å². The van der Waals surface area contributed by atoms with Crippen LogP contribution in [0.1, 0.15) is 19.3 Å². The first kappa shape index (κ1) is 15.1. The van der Waals surface area contributed by atoms with Gasteiger partial charge in [0.1, 0.15) is 9.23 Å². The molecule has 0 spiro atoms. The van der Waals surface area contributed by atoms with Gasteiger partial charge in [-0.05, 0) is 18.9 Å². The molecule has 106 valence electrons. The molecule has 0 saturated heterocycles. The minimum Gasteiger partial charge on any atom is -0.481 e. The molecule has 0 bridgehead atoms. The molecule has 1 N–H and O–H groups in total. The summed E-state index contributed by atoms with van der Waals surface area (Å²) in [6.45, 7) is -0.0495. The molecule has 0 radical (unpaired) electrons. The molecule has 2 rings (SSSR count). The number of hydrogen-bond acceptors (Lipinski definition) is 4. The summed E-state index contributed by atoms with van der Waals surface area (Å²) in [6.07, 6.45) is 1.26. The Hall–Kier alpha value is -0.340. The van der Waals surface area contributed by atoms with E-state index < -0.39 is 16.0 Å². The van der Waals surface area contributed by atoms with Gasteiger partial charge in [-0.3, -0.25) is 4.79 Å². The van der Waals surface area contributed by atoms with E-state index in [2.05, 4.69) is 0 Å². The van der Waals surface area contributed by atoms with Crippen LogP contribution in [0, 0.1) is 0 Å². The molecule has 5 nitrogen and oxygen atoms in total. The Kier molecular flexibility index (Phi) is 4.42. The zero-order valence-corrected chi connectivity index (χ0v) is 12.8. The molecule has 0 aromatic carbocycles. The SMILES string of the molecule is O=C(O)CCN(C1CC1)S(=O)(=O)c1cc(Cl)sc1Cl. The van der Waals surface area contributed by atoms with Crippen molar-refractivity contribution >= 4 is 50.5 Å².